The lowest BCUT2D eigenvalue weighted by molar-refractivity contribution is -0.203. The molecule has 0 aliphatic carbocycles. The molecule has 2 aliphatic heterocycles. The summed E-state index contributed by atoms with van der Waals surface area (Å²) in [6.45, 7) is 8.29. The van der Waals surface area contributed by atoms with Crippen LogP contribution in [0.25, 0.3) is 43.1 Å². The van der Waals surface area contributed by atoms with E-state index in [2.05, 4.69) is 110 Å². The third kappa shape index (κ3) is 8.88. The summed E-state index contributed by atoms with van der Waals surface area (Å²) in [6, 6.07) is 50.7. The molecule has 9 aromatic rings. The van der Waals surface area contributed by atoms with E-state index in [0.29, 0.717) is 11.5 Å². The van der Waals surface area contributed by atoms with Crippen molar-refractivity contribution in [1.82, 2.24) is 14.2 Å². The number of fused-ring (bicyclic) bond motifs is 4. The molecule has 14 heteroatoms. The molecular weight excluding hydrogens is 976 g/mol. The molecule has 3 heterocycles. The van der Waals surface area contributed by atoms with E-state index in [1.54, 1.807) is 14.2 Å². The fourth-order valence-electron chi connectivity index (χ4n) is 11.2. The zero-order valence-electron chi connectivity index (χ0n) is 43.1. The minimum atomic E-state index is -1.86. The number of methoxy groups -OCH3 is 2. The molecule has 1 unspecified atom stereocenters. The number of aromatic nitrogens is 2. The van der Waals surface area contributed by atoms with Crippen LogP contribution in [0.4, 0.5) is 0 Å². The first-order valence-electron chi connectivity index (χ1n) is 25.5. The molecule has 0 saturated carbocycles. The summed E-state index contributed by atoms with van der Waals surface area (Å²) in [5, 5.41) is 18.6. The molecule has 5 atom stereocenters. The molecule has 384 valence electrons. The Morgan fingerprint density at radius 2 is 1.30 bits per heavy atom. The lowest BCUT2D eigenvalue weighted by Crippen LogP contribution is -2.49. The van der Waals surface area contributed by atoms with E-state index in [9.17, 15) is 14.9 Å². The van der Waals surface area contributed by atoms with Crippen molar-refractivity contribution in [2.75, 3.05) is 34.0 Å². The zero-order valence-corrected chi connectivity index (χ0v) is 44.0. The summed E-state index contributed by atoms with van der Waals surface area (Å²) in [5.41, 5.74) is -0.773. The van der Waals surface area contributed by atoms with Crippen molar-refractivity contribution in [3.8, 4) is 29.4 Å². The molecule has 1 aromatic heterocycles. The second-order valence-electron chi connectivity index (χ2n) is 19.8. The maximum absolute atomic E-state index is 14.2. The van der Waals surface area contributed by atoms with Crippen LogP contribution < -0.4 is 20.7 Å². The second-order valence-corrected chi connectivity index (χ2v) is 21.2. The number of nitrogens with one attached hydrogen (secondary N) is 1. The Balaban J connectivity index is 1.02. The van der Waals surface area contributed by atoms with Gasteiger partial charge in [-0.15, -0.1) is 0 Å². The fraction of sp³-hybridized carbons (Fsp3) is 0.274. The molecule has 2 fully saturated rings. The van der Waals surface area contributed by atoms with Gasteiger partial charge in [0.25, 0.3) is 14.1 Å². The van der Waals surface area contributed by atoms with Crippen LogP contribution in [0.3, 0.4) is 0 Å². The van der Waals surface area contributed by atoms with Gasteiger partial charge in [0.05, 0.1) is 46.5 Å². The van der Waals surface area contributed by atoms with E-state index in [1.165, 1.54) is 21.5 Å². The van der Waals surface area contributed by atoms with Gasteiger partial charge in [0.15, 0.2) is 6.23 Å². The number of H-pyrrole nitrogens is 1. The highest BCUT2D eigenvalue weighted by Crippen LogP contribution is 2.56. The minimum Gasteiger partial charge on any atom is -0.497 e. The highest BCUT2D eigenvalue weighted by Gasteiger charge is 2.65. The van der Waals surface area contributed by atoms with Crippen LogP contribution in [0.15, 0.2) is 161 Å². The molecule has 0 radical (unpaired) electrons. The smallest absolute Gasteiger partial charge is 0.330 e. The Hall–Kier alpha value is -7.42. The van der Waals surface area contributed by atoms with Crippen LogP contribution in [0.1, 0.15) is 68.2 Å². The highest BCUT2D eigenvalue weighted by molar-refractivity contribution is 7.44. The predicted molar refractivity (Wildman–Crippen MR) is 296 cm³/mol. The fourth-order valence-corrected chi connectivity index (χ4v) is 13.0. The van der Waals surface area contributed by atoms with Gasteiger partial charge in [-0.25, -0.2) is 9.46 Å². The van der Waals surface area contributed by atoms with Crippen LogP contribution in [0, 0.1) is 23.2 Å². The molecule has 1 N–H and O–H groups in total. The standard InChI is InChI=1S/C62H57N4O9P/c1-39(2)66(40(3)4)76(73-35-13-34-63)75-57-56-59(74-61(57,37-71-56)38-72-62(44-16-8-7-9-17-44,45-25-29-47(69-5)30-26-45)46-27-31-48(70-6)32-28-46)65-36-43(58(67)64-60(65)68)23-22-41-24-33-53-51-20-11-15-42-14-10-19-50(54(42)51)52-21-12-18-49(41)55(52)53/h7-12,14-21,24-33,36,39-40,56-57,59H,13,35,37-38H2,1-6H3,(H,64,67,68)/t56-,57+,59+,61-,76?/m0/s1. The lowest BCUT2D eigenvalue weighted by atomic mass is 9.79. The van der Waals surface area contributed by atoms with Crippen molar-refractivity contribution in [3.05, 3.63) is 200 Å². The Morgan fingerprint density at radius 3 is 1.92 bits per heavy atom. The molecule has 8 aromatic carbocycles. The SMILES string of the molecule is COc1ccc(C(OC[C@]23CO[C@H]([C@H](n4cc(C#Cc5ccc6c7cccc8cccc(c9cccc5c96)c87)c(=O)[nH]c4=O)O2)[C@H]3OP(OCCC#N)N(C(C)C)C(C)C)(c2ccccc2)c2ccc(OC)cc2)cc1. The van der Waals surface area contributed by atoms with Gasteiger partial charge in [-0.2, -0.15) is 5.26 Å². The number of ether oxygens (including phenoxy) is 5. The van der Waals surface area contributed by atoms with E-state index >= 15 is 0 Å². The van der Waals surface area contributed by atoms with E-state index in [0.717, 1.165) is 54.6 Å². The number of benzene rings is 8. The van der Waals surface area contributed by atoms with Crippen molar-refractivity contribution >= 4 is 51.6 Å². The first-order valence-corrected chi connectivity index (χ1v) is 26.6. The second kappa shape index (κ2) is 21.0. The molecular formula is C62H57N4O9P. The number of rotatable bonds is 17. The monoisotopic (exact) mass is 1030 g/mol. The Morgan fingerprint density at radius 1 is 0.724 bits per heavy atom. The Bertz CT molecular complexity index is 3700. The van der Waals surface area contributed by atoms with Crippen molar-refractivity contribution < 1.29 is 32.7 Å². The van der Waals surface area contributed by atoms with Crippen molar-refractivity contribution in [2.45, 2.75) is 75.8 Å². The van der Waals surface area contributed by atoms with Crippen molar-refractivity contribution in [3.63, 3.8) is 0 Å². The van der Waals surface area contributed by atoms with E-state index in [-0.39, 0.29) is 43.9 Å². The van der Waals surface area contributed by atoms with Gasteiger partial charge in [0.1, 0.15) is 40.5 Å². The molecule has 11 rings (SSSR count). The number of nitriles is 1. The van der Waals surface area contributed by atoms with Crippen molar-refractivity contribution in [2.24, 2.45) is 0 Å². The largest absolute Gasteiger partial charge is 0.497 e. The van der Waals surface area contributed by atoms with Gasteiger partial charge in [0.2, 0.25) is 0 Å². The molecule has 2 bridgehead atoms. The molecule has 2 saturated heterocycles. The summed E-state index contributed by atoms with van der Waals surface area (Å²) in [5.74, 6) is 7.78. The van der Waals surface area contributed by atoms with E-state index < -0.39 is 49.4 Å². The maximum atomic E-state index is 14.2. The number of aromatic amines is 1. The summed E-state index contributed by atoms with van der Waals surface area (Å²) in [4.78, 5) is 30.6. The van der Waals surface area contributed by atoms with E-state index in [4.69, 9.17) is 32.7 Å². The predicted octanol–water partition coefficient (Wildman–Crippen LogP) is 11.3. The van der Waals surface area contributed by atoms with Crippen LogP contribution >= 0.6 is 8.53 Å². The quantitative estimate of drug-likeness (QED) is 0.0232. The summed E-state index contributed by atoms with van der Waals surface area (Å²) >= 11 is 0. The maximum Gasteiger partial charge on any atom is 0.330 e. The van der Waals surface area contributed by atoms with Gasteiger partial charge in [-0.05, 0) is 118 Å². The third-order valence-electron chi connectivity index (χ3n) is 14.6. The van der Waals surface area contributed by atoms with Gasteiger partial charge >= 0.3 is 5.69 Å². The zero-order chi connectivity index (χ0) is 52.7. The first kappa shape index (κ1) is 50.7. The summed E-state index contributed by atoms with van der Waals surface area (Å²) < 4.78 is 49.9. The lowest BCUT2D eigenvalue weighted by Gasteiger charge is -2.41. The number of nitrogens with zero attached hydrogens (tertiary/aromatic N) is 3. The number of hydrogen-bond acceptors (Lipinski definition) is 11. The average Bonchev–Trinajstić information content (AvgIpc) is 4.05. The summed E-state index contributed by atoms with van der Waals surface area (Å²) in [6.07, 6.45) is -1.32. The Labute approximate surface area is 441 Å². The van der Waals surface area contributed by atoms with Crippen molar-refractivity contribution in [1.29, 1.82) is 5.26 Å². The molecule has 76 heavy (non-hydrogen) atoms. The summed E-state index contributed by atoms with van der Waals surface area (Å²) in [7, 11) is 1.39. The molecule has 0 spiro atoms. The Kier molecular flexibility index (Phi) is 14.0. The van der Waals surface area contributed by atoms with Gasteiger partial charge in [0, 0.05) is 23.8 Å². The van der Waals surface area contributed by atoms with Gasteiger partial charge in [-0.3, -0.25) is 14.3 Å². The third-order valence-corrected chi connectivity index (χ3v) is 16.8. The molecule has 0 amide bonds. The van der Waals surface area contributed by atoms with Crippen LogP contribution in [0.2, 0.25) is 0 Å². The molecule has 13 nitrogen and oxygen atoms in total. The molecule has 2 aliphatic rings. The van der Waals surface area contributed by atoms with Crippen LogP contribution in [-0.2, 0) is 28.9 Å². The first-order chi connectivity index (χ1) is 37.0. The van der Waals surface area contributed by atoms with Gasteiger partial charge in [-0.1, -0.05) is 127 Å². The topological polar surface area (TPSA) is 147 Å². The minimum absolute atomic E-state index is 0.0223. The van der Waals surface area contributed by atoms with Gasteiger partial charge < -0.3 is 32.7 Å². The van der Waals surface area contributed by atoms with E-state index in [1.807, 2.05) is 91.0 Å². The van der Waals surface area contributed by atoms with Crippen LogP contribution in [-0.4, -0.2) is 78.2 Å². The number of hydrogen-bond donors (Lipinski definition) is 1. The normalized spacial score (nSPS) is 18.8. The average molecular weight is 1030 g/mol. The highest BCUT2D eigenvalue weighted by atomic mass is 31.2. The van der Waals surface area contributed by atoms with Crippen LogP contribution in [0.5, 0.6) is 11.5 Å².